The van der Waals surface area contributed by atoms with E-state index in [0.717, 1.165) is 22.5 Å². The van der Waals surface area contributed by atoms with E-state index >= 15 is 0 Å². The summed E-state index contributed by atoms with van der Waals surface area (Å²) in [6, 6.07) is 13.4. The Morgan fingerprint density at radius 2 is 1.74 bits per heavy atom. The quantitative estimate of drug-likeness (QED) is 0.550. The molecule has 1 aliphatic rings. The summed E-state index contributed by atoms with van der Waals surface area (Å²) < 4.78 is 15.7. The molecular weight excluding hydrogens is 344 g/mol. The molecule has 0 unspecified atom stereocenters. The van der Waals surface area contributed by atoms with E-state index in [1.165, 1.54) is 5.01 Å². The number of ether oxygens (including phenoxy) is 3. The molecule has 1 amide bonds. The molecule has 6 heteroatoms. The van der Waals surface area contributed by atoms with Gasteiger partial charge >= 0.3 is 0 Å². The van der Waals surface area contributed by atoms with Gasteiger partial charge in [-0.3, -0.25) is 4.79 Å². The van der Waals surface area contributed by atoms with Crippen LogP contribution < -0.4 is 14.5 Å². The first kappa shape index (κ1) is 18.7. The number of hydrazone groups is 1. The fourth-order valence-corrected chi connectivity index (χ4v) is 2.71. The molecule has 3 rings (SSSR count). The number of rotatable bonds is 7. The zero-order valence-corrected chi connectivity index (χ0v) is 15.6. The van der Waals surface area contributed by atoms with Gasteiger partial charge in [-0.15, -0.1) is 0 Å². The fraction of sp³-hybridized carbons (Fsp3) is 0.238. The van der Waals surface area contributed by atoms with Gasteiger partial charge in [-0.05, 0) is 42.3 Å². The molecule has 0 spiro atoms. The highest BCUT2D eigenvalue weighted by Gasteiger charge is 2.22. The third-order valence-corrected chi connectivity index (χ3v) is 4.04. The first-order chi connectivity index (χ1) is 13.1. The van der Waals surface area contributed by atoms with Crippen molar-refractivity contribution in [1.82, 2.24) is 0 Å². The summed E-state index contributed by atoms with van der Waals surface area (Å²) in [5.41, 5.74) is 3.60. The standard InChI is InChI=1S/C21H22N2O4/c1-15-12-21(24)23(22-15)18-9-6-16(7-10-18)4-5-17-8-11-19(27-14-25-2)20(13-17)26-3/h4-11,13H,12,14H2,1-3H3. The Labute approximate surface area is 158 Å². The Balaban J connectivity index is 1.71. The molecule has 0 radical (unpaired) electrons. The van der Waals surface area contributed by atoms with Crippen LogP contribution in [-0.2, 0) is 9.53 Å². The predicted octanol–water partition coefficient (Wildman–Crippen LogP) is 3.96. The number of hydrogen-bond donors (Lipinski definition) is 0. The van der Waals surface area contributed by atoms with Crippen LogP contribution in [0.4, 0.5) is 5.69 Å². The first-order valence-corrected chi connectivity index (χ1v) is 8.55. The summed E-state index contributed by atoms with van der Waals surface area (Å²) in [4.78, 5) is 11.9. The van der Waals surface area contributed by atoms with Crippen LogP contribution in [0.2, 0.25) is 0 Å². The van der Waals surface area contributed by atoms with Gasteiger partial charge in [-0.2, -0.15) is 5.10 Å². The SMILES string of the molecule is COCOc1ccc(C=Cc2ccc(N3N=C(C)CC3=O)cc2)cc1OC. The highest BCUT2D eigenvalue weighted by Crippen LogP contribution is 2.29. The molecular formula is C21H22N2O4. The summed E-state index contributed by atoms with van der Waals surface area (Å²) in [5, 5.41) is 5.71. The lowest BCUT2D eigenvalue weighted by Gasteiger charge is -2.11. The summed E-state index contributed by atoms with van der Waals surface area (Å²) in [5.74, 6) is 1.27. The third-order valence-electron chi connectivity index (χ3n) is 4.04. The second-order valence-corrected chi connectivity index (χ2v) is 6.10. The van der Waals surface area contributed by atoms with Crippen molar-refractivity contribution in [1.29, 1.82) is 0 Å². The van der Waals surface area contributed by atoms with Gasteiger partial charge in [0.25, 0.3) is 5.91 Å². The Bertz CT molecular complexity index is 872. The second-order valence-electron chi connectivity index (χ2n) is 6.10. The van der Waals surface area contributed by atoms with Crippen LogP contribution in [-0.4, -0.2) is 32.6 Å². The van der Waals surface area contributed by atoms with Crippen molar-refractivity contribution in [2.45, 2.75) is 13.3 Å². The van der Waals surface area contributed by atoms with E-state index in [2.05, 4.69) is 5.10 Å². The van der Waals surface area contributed by atoms with Crippen molar-refractivity contribution in [2.24, 2.45) is 5.10 Å². The van der Waals surface area contributed by atoms with Crippen molar-refractivity contribution in [3.8, 4) is 11.5 Å². The molecule has 0 aromatic heterocycles. The van der Waals surface area contributed by atoms with Gasteiger partial charge in [0.2, 0.25) is 0 Å². The number of carbonyl (C=O) groups excluding carboxylic acids is 1. The van der Waals surface area contributed by atoms with Crippen molar-refractivity contribution >= 4 is 29.5 Å². The molecule has 6 nitrogen and oxygen atoms in total. The molecule has 2 aromatic carbocycles. The molecule has 0 saturated carbocycles. The first-order valence-electron chi connectivity index (χ1n) is 8.55. The minimum absolute atomic E-state index is 0.00123. The summed E-state index contributed by atoms with van der Waals surface area (Å²) in [7, 11) is 3.17. The number of methoxy groups -OCH3 is 2. The lowest BCUT2D eigenvalue weighted by Crippen LogP contribution is -2.19. The maximum atomic E-state index is 11.9. The van der Waals surface area contributed by atoms with Gasteiger partial charge < -0.3 is 14.2 Å². The van der Waals surface area contributed by atoms with Crippen LogP contribution in [0.5, 0.6) is 11.5 Å². The lowest BCUT2D eigenvalue weighted by atomic mass is 10.1. The largest absolute Gasteiger partial charge is 0.493 e. The number of hydrogen-bond acceptors (Lipinski definition) is 5. The molecule has 0 N–H and O–H groups in total. The van der Waals surface area contributed by atoms with E-state index in [0.29, 0.717) is 17.9 Å². The van der Waals surface area contributed by atoms with Gasteiger partial charge in [0.1, 0.15) is 0 Å². The van der Waals surface area contributed by atoms with Crippen LogP contribution in [0.25, 0.3) is 12.2 Å². The molecule has 0 atom stereocenters. The van der Waals surface area contributed by atoms with Crippen LogP contribution in [0, 0.1) is 0 Å². The maximum absolute atomic E-state index is 11.9. The predicted molar refractivity (Wildman–Crippen MR) is 106 cm³/mol. The topological polar surface area (TPSA) is 60.4 Å². The number of carbonyl (C=O) groups is 1. The number of amides is 1. The van der Waals surface area contributed by atoms with Gasteiger partial charge in [-0.1, -0.05) is 30.4 Å². The molecule has 27 heavy (non-hydrogen) atoms. The van der Waals surface area contributed by atoms with Crippen LogP contribution in [0.3, 0.4) is 0 Å². The smallest absolute Gasteiger partial charge is 0.253 e. The van der Waals surface area contributed by atoms with E-state index in [9.17, 15) is 4.79 Å². The molecule has 0 fully saturated rings. The summed E-state index contributed by atoms with van der Waals surface area (Å²) >= 11 is 0. The highest BCUT2D eigenvalue weighted by atomic mass is 16.7. The summed E-state index contributed by atoms with van der Waals surface area (Å²) in [6.45, 7) is 2.02. The van der Waals surface area contributed by atoms with Gasteiger partial charge in [0, 0.05) is 12.8 Å². The molecule has 2 aromatic rings. The number of benzene rings is 2. The average Bonchev–Trinajstić information content (AvgIpc) is 3.03. The van der Waals surface area contributed by atoms with Crippen molar-refractivity contribution in [2.75, 3.05) is 26.0 Å². The molecule has 0 bridgehead atoms. The van der Waals surface area contributed by atoms with Crippen molar-refractivity contribution in [3.63, 3.8) is 0 Å². The number of anilines is 1. The van der Waals surface area contributed by atoms with E-state index < -0.39 is 0 Å². The minimum atomic E-state index is -0.00123. The minimum Gasteiger partial charge on any atom is -0.493 e. The molecule has 1 aliphatic heterocycles. The Morgan fingerprint density at radius 1 is 1.04 bits per heavy atom. The molecule has 0 saturated heterocycles. The van der Waals surface area contributed by atoms with Gasteiger partial charge in [0.15, 0.2) is 18.3 Å². The Hall–Kier alpha value is -3.12. The zero-order valence-electron chi connectivity index (χ0n) is 15.6. The molecule has 0 aliphatic carbocycles. The second kappa shape index (κ2) is 8.51. The fourth-order valence-electron chi connectivity index (χ4n) is 2.71. The molecule has 1 heterocycles. The zero-order chi connectivity index (χ0) is 19.2. The normalized spacial score (nSPS) is 14.0. The van der Waals surface area contributed by atoms with Crippen molar-refractivity contribution in [3.05, 3.63) is 53.6 Å². The van der Waals surface area contributed by atoms with E-state index in [4.69, 9.17) is 14.2 Å². The van der Waals surface area contributed by atoms with Crippen LogP contribution >= 0.6 is 0 Å². The monoisotopic (exact) mass is 366 g/mol. The maximum Gasteiger partial charge on any atom is 0.253 e. The Kier molecular flexibility index (Phi) is 5.88. The van der Waals surface area contributed by atoms with Crippen molar-refractivity contribution < 1.29 is 19.0 Å². The van der Waals surface area contributed by atoms with Gasteiger partial charge in [-0.25, -0.2) is 5.01 Å². The average molecular weight is 366 g/mol. The molecule has 140 valence electrons. The van der Waals surface area contributed by atoms with Gasteiger partial charge in [0.05, 0.1) is 19.2 Å². The van der Waals surface area contributed by atoms with E-state index in [-0.39, 0.29) is 12.7 Å². The lowest BCUT2D eigenvalue weighted by molar-refractivity contribution is -0.116. The summed E-state index contributed by atoms with van der Waals surface area (Å²) in [6.07, 6.45) is 4.36. The van der Waals surface area contributed by atoms with Crippen LogP contribution in [0.1, 0.15) is 24.5 Å². The van der Waals surface area contributed by atoms with Crippen LogP contribution in [0.15, 0.2) is 47.6 Å². The van der Waals surface area contributed by atoms with E-state index in [1.54, 1.807) is 14.2 Å². The van der Waals surface area contributed by atoms with E-state index in [1.807, 2.05) is 61.5 Å². The Morgan fingerprint density at radius 3 is 2.37 bits per heavy atom. The third kappa shape index (κ3) is 4.54. The highest BCUT2D eigenvalue weighted by molar-refractivity contribution is 6.12. The number of nitrogens with zero attached hydrogens (tertiary/aromatic N) is 2.